The first kappa shape index (κ1) is 20.1. The summed E-state index contributed by atoms with van der Waals surface area (Å²) in [6.07, 6.45) is -0.581. The maximum Gasteiger partial charge on any atom is 0.442 e. The van der Waals surface area contributed by atoms with Gasteiger partial charge in [-0.1, -0.05) is 0 Å². The maximum absolute atomic E-state index is 13.2. The minimum Gasteiger partial charge on any atom is -0.493 e. The molecule has 0 bridgehead atoms. The summed E-state index contributed by atoms with van der Waals surface area (Å²) in [6.45, 7) is 0. The number of alkyl halides is 3. The quantitative estimate of drug-likeness (QED) is 0.417. The first-order chi connectivity index (χ1) is 11.1. The average molecular weight is 370 g/mol. The number of thioether (sulfide) groups is 1. The van der Waals surface area contributed by atoms with Gasteiger partial charge in [-0.3, -0.25) is 9.59 Å². The van der Waals surface area contributed by atoms with Crippen molar-refractivity contribution in [2.75, 3.05) is 21.3 Å². The Labute approximate surface area is 139 Å². The van der Waals surface area contributed by atoms with E-state index in [1.165, 1.54) is 14.2 Å². The maximum atomic E-state index is 13.2. The van der Waals surface area contributed by atoms with E-state index in [9.17, 15) is 27.2 Å². The predicted octanol–water partition coefficient (Wildman–Crippen LogP) is 3.15. The number of halogens is 4. The van der Waals surface area contributed by atoms with Crippen LogP contribution in [0.25, 0.3) is 0 Å². The Morgan fingerprint density at radius 1 is 1.12 bits per heavy atom. The van der Waals surface area contributed by atoms with Gasteiger partial charge in [0.05, 0.1) is 26.9 Å². The van der Waals surface area contributed by atoms with Gasteiger partial charge in [0.2, 0.25) is 0 Å². The second-order valence-corrected chi connectivity index (χ2v) is 5.69. The third-order valence-corrected chi connectivity index (χ3v) is 3.88. The molecule has 134 valence electrons. The topological polar surface area (TPSA) is 61.8 Å². The lowest BCUT2D eigenvalue weighted by molar-refractivity contribution is -0.140. The zero-order valence-corrected chi connectivity index (χ0v) is 13.7. The summed E-state index contributed by atoms with van der Waals surface area (Å²) in [5, 5.41) is -1.70. The number of carbonyl (C=O) groups excluding carboxylic acids is 2. The molecule has 0 amide bonds. The minimum absolute atomic E-state index is 0.0281. The summed E-state index contributed by atoms with van der Waals surface area (Å²) in [5.74, 6) is -1.04. The fourth-order valence-electron chi connectivity index (χ4n) is 1.94. The largest absolute Gasteiger partial charge is 0.493 e. The van der Waals surface area contributed by atoms with E-state index in [1.54, 1.807) is 0 Å². The van der Waals surface area contributed by atoms with Crippen molar-refractivity contribution in [3.63, 3.8) is 0 Å². The molecule has 0 radical (unpaired) electrons. The molecule has 0 aromatic heterocycles. The van der Waals surface area contributed by atoms with Gasteiger partial charge >= 0.3 is 17.5 Å². The molecule has 1 atom stereocenters. The fourth-order valence-corrected chi connectivity index (χ4v) is 2.72. The number of rotatable bonds is 7. The third-order valence-electron chi connectivity index (χ3n) is 2.97. The zero-order valence-electron chi connectivity index (χ0n) is 12.9. The van der Waals surface area contributed by atoms with Crippen molar-refractivity contribution in [3.8, 4) is 11.5 Å². The highest BCUT2D eigenvalue weighted by molar-refractivity contribution is 8.01. The van der Waals surface area contributed by atoms with Crippen LogP contribution in [0, 0.1) is 0 Å². The lowest BCUT2D eigenvalue weighted by atomic mass is 10.0. The Hall–Kier alpha value is -1.97. The van der Waals surface area contributed by atoms with Gasteiger partial charge in [0.25, 0.3) is 0 Å². The molecule has 0 spiro atoms. The summed E-state index contributed by atoms with van der Waals surface area (Å²) in [7, 11) is 3.45. The number of ether oxygens (including phenoxy) is 3. The molecular formula is C14H14F4O5S. The predicted molar refractivity (Wildman–Crippen MR) is 78.1 cm³/mol. The molecule has 0 saturated heterocycles. The third kappa shape index (κ3) is 5.29. The molecule has 0 aliphatic rings. The molecule has 0 aliphatic carbocycles. The van der Waals surface area contributed by atoms with E-state index < -0.39 is 46.5 Å². The summed E-state index contributed by atoms with van der Waals surface area (Å²) < 4.78 is 65.3. The summed E-state index contributed by atoms with van der Waals surface area (Å²) in [5.41, 5.74) is -5.36. The minimum atomic E-state index is -4.71. The van der Waals surface area contributed by atoms with Gasteiger partial charge in [-0.25, -0.2) is 0 Å². The molecule has 0 aliphatic heterocycles. The second-order valence-electron chi connectivity index (χ2n) is 4.42. The molecule has 0 saturated carbocycles. The van der Waals surface area contributed by atoms with Crippen LogP contribution in [0.4, 0.5) is 17.6 Å². The lowest BCUT2D eigenvalue weighted by Gasteiger charge is -2.18. The molecule has 24 heavy (non-hydrogen) atoms. The molecule has 0 N–H and O–H groups in total. The smallest absolute Gasteiger partial charge is 0.442 e. The van der Waals surface area contributed by atoms with Crippen LogP contribution in [0.2, 0.25) is 0 Å². The Balaban J connectivity index is 3.30. The molecule has 0 heterocycles. The van der Waals surface area contributed by atoms with Gasteiger partial charge in [0, 0.05) is 0 Å². The Kier molecular flexibility index (Phi) is 6.88. The number of carbonyl (C=O) groups is 2. The van der Waals surface area contributed by atoms with Crippen LogP contribution >= 0.6 is 11.8 Å². The van der Waals surface area contributed by atoms with Crippen molar-refractivity contribution in [1.82, 2.24) is 0 Å². The number of benzene rings is 1. The highest BCUT2D eigenvalue weighted by atomic mass is 32.2. The van der Waals surface area contributed by atoms with Gasteiger partial charge in [-0.05, 0) is 35.9 Å². The van der Waals surface area contributed by atoms with Gasteiger partial charge in [0.1, 0.15) is 5.25 Å². The Morgan fingerprint density at radius 2 is 1.67 bits per heavy atom. The standard InChI is InChI=1S/C14H14F4O5S/c1-21-9-4-7(8(12(15)19)6-10(9)22-2)5-11(13(20)23-3)24-14(16,17)18/h4,6,11H,5H2,1-3H3/t11-/m0/s1. The SMILES string of the molecule is COC(=O)[C@H](Cc1cc(OC)c(OC)cc1C(=O)F)SC(F)(F)F. The highest BCUT2D eigenvalue weighted by Gasteiger charge is 2.37. The van der Waals surface area contributed by atoms with Crippen molar-refractivity contribution < 1.29 is 41.4 Å². The highest BCUT2D eigenvalue weighted by Crippen LogP contribution is 2.38. The Morgan fingerprint density at radius 3 is 2.08 bits per heavy atom. The van der Waals surface area contributed by atoms with Crippen molar-refractivity contribution in [3.05, 3.63) is 23.3 Å². The molecule has 0 fully saturated rings. The van der Waals surface area contributed by atoms with Crippen LogP contribution in [-0.4, -0.2) is 44.1 Å². The first-order valence-corrected chi connectivity index (χ1v) is 7.28. The van der Waals surface area contributed by atoms with E-state index >= 15 is 0 Å². The van der Waals surface area contributed by atoms with Crippen LogP contribution in [0.5, 0.6) is 11.5 Å². The molecule has 1 aromatic carbocycles. The summed E-state index contributed by atoms with van der Waals surface area (Å²) >= 11 is -0.607. The van der Waals surface area contributed by atoms with Crippen molar-refractivity contribution in [2.45, 2.75) is 17.2 Å². The number of hydrogen-bond acceptors (Lipinski definition) is 6. The van der Waals surface area contributed by atoms with Gasteiger partial charge < -0.3 is 14.2 Å². The van der Waals surface area contributed by atoms with Gasteiger partial charge in [-0.15, -0.1) is 0 Å². The van der Waals surface area contributed by atoms with Crippen molar-refractivity contribution in [1.29, 1.82) is 0 Å². The van der Waals surface area contributed by atoms with E-state index in [2.05, 4.69) is 4.74 Å². The Bertz CT molecular complexity index is 618. The van der Waals surface area contributed by atoms with E-state index in [-0.39, 0.29) is 17.1 Å². The van der Waals surface area contributed by atoms with Gasteiger partial charge in [-0.2, -0.15) is 17.6 Å². The van der Waals surface area contributed by atoms with E-state index in [1.807, 2.05) is 0 Å². The first-order valence-electron chi connectivity index (χ1n) is 6.40. The normalized spacial score (nSPS) is 12.5. The average Bonchev–Trinajstić information content (AvgIpc) is 2.51. The van der Waals surface area contributed by atoms with Crippen LogP contribution in [0.1, 0.15) is 15.9 Å². The van der Waals surface area contributed by atoms with E-state index in [0.29, 0.717) is 0 Å². The van der Waals surface area contributed by atoms with Crippen molar-refractivity contribution >= 4 is 23.8 Å². The van der Waals surface area contributed by atoms with Crippen LogP contribution in [-0.2, 0) is 16.0 Å². The number of esters is 1. The van der Waals surface area contributed by atoms with Crippen LogP contribution in [0.15, 0.2) is 12.1 Å². The van der Waals surface area contributed by atoms with E-state index in [4.69, 9.17) is 9.47 Å². The number of hydrogen-bond donors (Lipinski definition) is 0. The molecular weight excluding hydrogens is 356 g/mol. The van der Waals surface area contributed by atoms with Crippen LogP contribution < -0.4 is 9.47 Å². The fraction of sp³-hybridized carbons (Fsp3) is 0.429. The van der Waals surface area contributed by atoms with Crippen LogP contribution in [0.3, 0.4) is 0 Å². The molecule has 1 rings (SSSR count). The molecule has 0 unspecified atom stereocenters. The monoisotopic (exact) mass is 370 g/mol. The molecule has 10 heteroatoms. The lowest BCUT2D eigenvalue weighted by Crippen LogP contribution is -2.26. The molecule has 5 nitrogen and oxygen atoms in total. The molecule has 1 aromatic rings. The second kappa shape index (κ2) is 8.22. The summed E-state index contributed by atoms with van der Waals surface area (Å²) in [4.78, 5) is 22.7. The summed E-state index contributed by atoms with van der Waals surface area (Å²) in [6, 6.07) is 0.285. The van der Waals surface area contributed by atoms with E-state index in [0.717, 1.165) is 19.2 Å². The zero-order chi connectivity index (χ0) is 18.5. The number of methoxy groups -OCH3 is 3. The van der Waals surface area contributed by atoms with Crippen molar-refractivity contribution in [2.24, 2.45) is 0 Å². The van der Waals surface area contributed by atoms with Gasteiger partial charge in [0.15, 0.2) is 11.5 Å².